The first-order valence-corrected chi connectivity index (χ1v) is 27.1. The molecular formula is C74H68N2. The quantitative estimate of drug-likeness (QED) is 0.100. The lowest BCUT2D eigenvalue weighted by Gasteiger charge is -2.31. The third kappa shape index (κ3) is 11.3. The Morgan fingerprint density at radius 1 is 0.250 bits per heavy atom. The molecule has 0 aliphatic rings. The lowest BCUT2D eigenvalue weighted by Crippen LogP contribution is -2.16. The largest absolute Gasteiger partial charge is 0.310 e. The second kappa shape index (κ2) is 21.4. The number of nitrogens with zero attached hydrogens (tertiary/aromatic N) is 2. The summed E-state index contributed by atoms with van der Waals surface area (Å²) < 4.78 is 0. The van der Waals surface area contributed by atoms with Crippen LogP contribution in [-0.4, -0.2) is 0 Å². The van der Waals surface area contributed by atoms with E-state index in [0.29, 0.717) is 0 Å². The van der Waals surface area contributed by atoms with Gasteiger partial charge in [0.15, 0.2) is 0 Å². The zero-order valence-electron chi connectivity index (χ0n) is 45.0. The molecule has 0 unspecified atom stereocenters. The minimum absolute atomic E-state index is 0.128. The Balaban J connectivity index is 1.10. The third-order valence-corrected chi connectivity index (χ3v) is 15.0. The molecule has 11 rings (SSSR count). The van der Waals surface area contributed by atoms with Gasteiger partial charge in [-0.2, -0.15) is 0 Å². The molecule has 374 valence electrons. The SMILES string of the molecule is CC(C)(C)c1cc(N(c2ccc(Cc3ccccc3)cc2)c2ccc(Cc3ccccc3)cc2)c2cc3cc(C(C)(C)C)cc(N(c4ccc(Cc5ccccc5)cc4)c4ccc(Cc5ccccc5)cc4)c3cc2c1. The van der Waals surface area contributed by atoms with Gasteiger partial charge in [0.1, 0.15) is 0 Å². The van der Waals surface area contributed by atoms with E-state index in [1.165, 1.54) is 88.6 Å². The highest BCUT2D eigenvalue weighted by atomic mass is 15.1. The highest BCUT2D eigenvalue weighted by Gasteiger charge is 2.25. The van der Waals surface area contributed by atoms with Crippen molar-refractivity contribution in [1.82, 2.24) is 0 Å². The number of rotatable bonds is 14. The Morgan fingerprint density at radius 3 is 0.697 bits per heavy atom. The van der Waals surface area contributed by atoms with Gasteiger partial charge in [-0.15, -0.1) is 0 Å². The maximum atomic E-state index is 2.50. The van der Waals surface area contributed by atoms with Gasteiger partial charge in [0.2, 0.25) is 0 Å². The number of hydrogen-bond donors (Lipinski definition) is 0. The van der Waals surface area contributed by atoms with E-state index < -0.39 is 0 Å². The van der Waals surface area contributed by atoms with Gasteiger partial charge in [-0.25, -0.2) is 0 Å². The lowest BCUT2D eigenvalue weighted by atomic mass is 9.83. The smallest absolute Gasteiger partial charge is 0.0543 e. The van der Waals surface area contributed by atoms with Gasteiger partial charge >= 0.3 is 0 Å². The normalized spacial score (nSPS) is 11.8. The lowest BCUT2D eigenvalue weighted by molar-refractivity contribution is 0.591. The van der Waals surface area contributed by atoms with Crippen molar-refractivity contribution in [3.63, 3.8) is 0 Å². The molecule has 0 N–H and O–H groups in total. The summed E-state index contributed by atoms with van der Waals surface area (Å²) >= 11 is 0. The minimum atomic E-state index is -0.128. The topological polar surface area (TPSA) is 6.48 Å². The number of hydrogen-bond acceptors (Lipinski definition) is 2. The van der Waals surface area contributed by atoms with Gasteiger partial charge in [-0.3, -0.25) is 0 Å². The van der Waals surface area contributed by atoms with E-state index in [4.69, 9.17) is 0 Å². The molecule has 0 aliphatic carbocycles. The molecule has 0 fully saturated rings. The van der Waals surface area contributed by atoms with Crippen LogP contribution >= 0.6 is 0 Å². The Kier molecular flexibility index (Phi) is 14.0. The monoisotopic (exact) mass is 985 g/mol. The van der Waals surface area contributed by atoms with Crippen LogP contribution in [0, 0.1) is 0 Å². The highest BCUT2D eigenvalue weighted by molar-refractivity contribution is 6.11. The molecule has 11 aromatic rings. The van der Waals surface area contributed by atoms with Gasteiger partial charge in [-0.1, -0.05) is 224 Å². The predicted octanol–water partition coefficient (Wildman–Crippen LogP) is 19.9. The van der Waals surface area contributed by atoms with Crippen LogP contribution in [0.2, 0.25) is 0 Å². The molecule has 0 radical (unpaired) electrons. The minimum Gasteiger partial charge on any atom is -0.310 e. The zero-order valence-corrected chi connectivity index (χ0v) is 45.0. The molecule has 0 bridgehead atoms. The summed E-state index contributed by atoms with van der Waals surface area (Å²) in [6.45, 7) is 14.0. The predicted molar refractivity (Wildman–Crippen MR) is 325 cm³/mol. The van der Waals surface area contributed by atoms with Crippen LogP contribution in [-0.2, 0) is 36.5 Å². The number of benzene rings is 11. The van der Waals surface area contributed by atoms with Crippen molar-refractivity contribution >= 4 is 55.7 Å². The summed E-state index contributed by atoms with van der Waals surface area (Å²) in [4.78, 5) is 4.99. The van der Waals surface area contributed by atoms with Crippen LogP contribution in [0.4, 0.5) is 34.1 Å². The first-order valence-electron chi connectivity index (χ1n) is 27.1. The van der Waals surface area contributed by atoms with E-state index in [0.717, 1.165) is 48.4 Å². The molecule has 0 spiro atoms. The van der Waals surface area contributed by atoms with E-state index in [2.05, 4.69) is 306 Å². The molecule has 0 atom stereocenters. The molecule has 76 heavy (non-hydrogen) atoms. The molecule has 0 amide bonds. The van der Waals surface area contributed by atoms with Crippen LogP contribution in [0.5, 0.6) is 0 Å². The summed E-state index contributed by atoms with van der Waals surface area (Å²) in [6, 6.07) is 94.9. The van der Waals surface area contributed by atoms with Crippen LogP contribution in [0.25, 0.3) is 21.5 Å². The second-order valence-corrected chi connectivity index (χ2v) is 22.8. The average molecular weight is 985 g/mol. The van der Waals surface area contributed by atoms with E-state index in [-0.39, 0.29) is 10.8 Å². The second-order valence-electron chi connectivity index (χ2n) is 22.8. The van der Waals surface area contributed by atoms with Crippen molar-refractivity contribution in [1.29, 1.82) is 0 Å². The molecular weight excluding hydrogens is 917 g/mol. The molecule has 11 aromatic carbocycles. The Labute approximate surface area is 451 Å². The molecule has 0 aromatic heterocycles. The Bertz CT molecular complexity index is 3280. The fourth-order valence-electron chi connectivity index (χ4n) is 10.7. The highest BCUT2D eigenvalue weighted by Crippen LogP contribution is 2.47. The van der Waals surface area contributed by atoms with E-state index >= 15 is 0 Å². The summed E-state index contributed by atoms with van der Waals surface area (Å²) in [5.74, 6) is 0. The Hall–Kier alpha value is -8.46. The maximum absolute atomic E-state index is 2.50. The van der Waals surface area contributed by atoms with Crippen molar-refractivity contribution in [3.8, 4) is 0 Å². The zero-order chi connectivity index (χ0) is 52.2. The van der Waals surface area contributed by atoms with E-state index in [9.17, 15) is 0 Å². The van der Waals surface area contributed by atoms with Crippen LogP contribution < -0.4 is 9.80 Å². The van der Waals surface area contributed by atoms with Gasteiger partial charge in [0, 0.05) is 33.5 Å². The summed E-state index contributed by atoms with van der Waals surface area (Å²) in [6.07, 6.45) is 3.54. The third-order valence-electron chi connectivity index (χ3n) is 15.0. The molecule has 0 heterocycles. The van der Waals surface area contributed by atoms with Crippen molar-refractivity contribution in [2.45, 2.75) is 78.1 Å². The fraction of sp³-hybridized carbons (Fsp3) is 0.162. The van der Waals surface area contributed by atoms with Crippen LogP contribution in [0.1, 0.15) is 97.2 Å². The van der Waals surface area contributed by atoms with E-state index in [1.807, 2.05) is 0 Å². The van der Waals surface area contributed by atoms with Gasteiger partial charge in [0.05, 0.1) is 11.4 Å². The van der Waals surface area contributed by atoms with Gasteiger partial charge in [-0.05, 0) is 176 Å². The fourth-order valence-corrected chi connectivity index (χ4v) is 10.7. The summed E-state index contributed by atoms with van der Waals surface area (Å²) in [5.41, 5.74) is 19.5. The number of anilines is 6. The van der Waals surface area contributed by atoms with Crippen molar-refractivity contribution in [3.05, 3.63) is 310 Å². The van der Waals surface area contributed by atoms with E-state index in [1.54, 1.807) is 0 Å². The first kappa shape index (κ1) is 49.7. The molecule has 0 saturated heterocycles. The van der Waals surface area contributed by atoms with Crippen molar-refractivity contribution < 1.29 is 0 Å². The molecule has 0 saturated carbocycles. The average Bonchev–Trinajstić information content (AvgIpc) is 3.49. The van der Waals surface area contributed by atoms with Crippen LogP contribution in [0.3, 0.4) is 0 Å². The molecule has 2 nitrogen and oxygen atoms in total. The Morgan fingerprint density at radius 2 is 0.474 bits per heavy atom. The molecule has 0 aliphatic heterocycles. The maximum Gasteiger partial charge on any atom is 0.0543 e. The van der Waals surface area contributed by atoms with Crippen LogP contribution in [0.15, 0.2) is 255 Å². The van der Waals surface area contributed by atoms with Crippen molar-refractivity contribution in [2.75, 3.05) is 9.80 Å². The summed E-state index contributed by atoms with van der Waals surface area (Å²) in [7, 11) is 0. The standard InChI is InChI=1S/C74H68N2/c1-73(2,3)63-47-61-49-70-62(50-69(61)71(51-63)75(65-35-27-57(28-36-65)43-53-19-11-7-12-20-53)66-37-29-58(30-38-66)44-54-21-13-8-14-22-54)48-64(74(4,5)6)52-72(70)76(67-39-31-59(32-40-67)45-55-23-15-9-16-24-55)68-41-33-60(34-42-68)46-56-25-17-10-18-26-56/h7-42,47-52H,43-46H2,1-6H3. The first-order chi connectivity index (χ1) is 36.9. The van der Waals surface area contributed by atoms with Gasteiger partial charge < -0.3 is 9.80 Å². The van der Waals surface area contributed by atoms with Gasteiger partial charge in [0.25, 0.3) is 0 Å². The summed E-state index contributed by atoms with van der Waals surface area (Å²) in [5, 5.41) is 4.84. The van der Waals surface area contributed by atoms with Crippen molar-refractivity contribution in [2.24, 2.45) is 0 Å². The number of fused-ring (bicyclic) bond motifs is 2. The molecule has 2 heteroatoms.